The zero-order chi connectivity index (χ0) is 17.1. The Labute approximate surface area is 138 Å². The molecule has 6 nitrogen and oxygen atoms in total. The van der Waals surface area contributed by atoms with Gasteiger partial charge in [-0.1, -0.05) is 48.5 Å². The van der Waals surface area contributed by atoms with Crippen LogP contribution in [0.15, 0.2) is 48.5 Å². The van der Waals surface area contributed by atoms with Crippen LogP contribution in [0.1, 0.15) is 17.0 Å². The molecule has 120 valence electrons. The van der Waals surface area contributed by atoms with Crippen molar-refractivity contribution in [2.45, 2.75) is 12.0 Å². The average Bonchev–Trinajstić information content (AvgIpc) is 2.91. The van der Waals surface area contributed by atoms with Crippen LogP contribution in [-0.2, 0) is 9.53 Å². The van der Waals surface area contributed by atoms with Gasteiger partial charge in [0, 0.05) is 5.92 Å². The molecule has 0 spiro atoms. The molecule has 2 N–H and O–H groups in total. The quantitative estimate of drug-likeness (QED) is 0.901. The number of ether oxygens (including phenoxy) is 1. The number of nitriles is 1. The zero-order valence-corrected chi connectivity index (χ0v) is 12.6. The number of carboxylic acids is 1. The van der Waals surface area contributed by atoms with Gasteiger partial charge in [-0.15, -0.1) is 0 Å². The molecule has 2 aromatic carbocycles. The van der Waals surface area contributed by atoms with Crippen LogP contribution in [0.25, 0.3) is 11.1 Å². The molecule has 0 saturated carbocycles. The summed E-state index contributed by atoms with van der Waals surface area (Å²) in [5.41, 5.74) is 4.31. The van der Waals surface area contributed by atoms with Gasteiger partial charge in [0.2, 0.25) is 6.04 Å². The smallest absolute Gasteiger partial charge is 0.408 e. The van der Waals surface area contributed by atoms with E-state index >= 15 is 0 Å². The fraction of sp³-hybridized carbons (Fsp3) is 0.167. The molecule has 24 heavy (non-hydrogen) atoms. The number of amides is 1. The van der Waals surface area contributed by atoms with Crippen molar-refractivity contribution in [3.05, 3.63) is 59.7 Å². The first kappa shape index (κ1) is 15.6. The summed E-state index contributed by atoms with van der Waals surface area (Å²) < 4.78 is 5.16. The summed E-state index contributed by atoms with van der Waals surface area (Å²) in [6, 6.07) is 15.6. The van der Waals surface area contributed by atoms with Gasteiger partial charge in [-0.25, -0.2) is 9.59 Å². The molecule has 6 heteroatoms. The van der Waals surface area contributed by atoms with Crippen LogP contribution in [0.2, 0.25) is 0 Å². The van der Waals surface area contributed by atoms with Gasteiger partial charge in [-0.2, -0.15) is 5.26 Å². The first-order valence-electron chi connectivity index (χ1n) is 7.35. The highest BCUT2D eigenvalue weighted by Gasteiger charge is 2.29. The van der Waals surface area contributed by atoms with E-state index in [1.807, 2.05) is 53.8 Å². The molecule has 3 rings (SSSR count). The predicted octanol–water partition coefficient (Wildman–Crippen LogP) is 2.50. The number of carbonyl (C=O) groups excluding carboxylic acids is 1. The summed E-state index contributed by atoms with van der Waals surface area (Å²) >= 11 is 0. The molecule has 0 aliphatic heterocycles. The van der Waals surface area contributed by atoms with E-state index < -0.39 is 18.1 Å². The van der Waals surface area contributed by atoms with Gasteiger partial charge < -0.3 is 9.84 Å². The summed E-state index contributed by atoms with van der Waals surface area (Å²) in [5, 5.41) is 19.5. The van der Waals surface area contributed by atoms with Gasteiger partial charge in [0.05, 0.1) is 6.07 Å². The topological polar surface area (TPSA) is 99.4 Å². The van der Waals surface area contributed by atoms with Crippen molar-refractivity contribution >= 4 is 12.1 Å². The zero-order valence-electron chi connectivity index (χ0n) is 12.6. The Hall–Kier alpha value is -3.33. The maximum atomic E-state index is 11.7. The highest BCUT2D eigenvalue weighted by Crippen LogP contribution is 2.44. The van der Waals surface area contributed by atoms with E-state index in [9.17, 15) is 9.59 Å². The Morgan fingerprint density at radius 2 is 1.67 bits per heavy atom. The molecule has 0 aromatic heterocycles. The van der Waals surface area contributed by atoms with Gasteiger partial charge in [-0.05, 0) is 22.3 Å². The molecule has 0 bridgehead atoms. The van der Waals surface area contributed by atoms with Crippen LogP contribution in [-0.4, -0.2) is 29.8 Å². The molecule has 1 aliphatic carbocycles. The van der Waals surface area contributed by atoms with E-state index in [1.54, 1.807) is 0 Å². The monoisotopic (exact) mass is 322 g/mol. The van der Waals surface area contributed by atoms with Gasteiger partial charge in [0.1, 0.15) is 6.61 Å². The van der Waals surface area contributed by atoms with E-state index in [4.69, 9.17) is 15.1 Å². The third-order valence-corrected chi connectivity index (χ3v) is 3.98. The number of benzene rings is 2. The summed E-state index contributed by atoms with van der Waals surface area (Å²) in [7, 11) is 0. The van der Waals surface area contributed by atoms with Crippen molar-refractivity contribution in [2.75, 3.05) is 6.61 Å². The number of nitrogens with zero attached hydrogens (tertiary/aromatic N) is 1. The van der Waals surface area contributed by atoms with Crippen LogP contribution < -0.4 is 5.32 Å². The van der Waals surface area contributed by atoms with Crippen molar-refractivity contribution in [1.82, 2.24) is 5.32 Å². The second-order valence-corrected chi connectivity index (χ2v) is 5.37. The van der Waals surface area contributed by atoms with Gasteiger partial charge >= 0.3 is 12.1 Å². The van der Waals surface area contributed by atoms with Crippen LogP contribution >= 0.6 is 0 Å². The Morgan fingerprint density at radius 3 is 2.17 bits per heavy atom. The molecular formula is C18H14N2O4. The molecule has 0 radical (unpaired) electrons. The van der Waals surface area contributed by atoms with Crippen LogP contribution in [0.5, 0.6) is 0 Å². The van der Waals surface area contributed by atoms with Gasteiger partial charge in [0.25, 0.3) is 0 Å². The minimum Gasteiger partial charge on any atom is -0.479 e. The Kier molecular flexibility index (Phi) is 4.17. The van der Waals surface area contributed by atoms with Crippen molar-refractivity contribution in [2.24, 2.45) is 0 Å². The van der Waals surface area contributed by atoms with Crippen molar-refractivity contribution < 1.29 is 19.4 Å². The lowest BCUT2D eigenvalue weighted by Crippen LogP contribution is -2.40. The van der Waals surface area contributed by atoms with Gasteiger partial charge in [-0.3, -0.25) is 5.32 Å². The fourth-order valence-corrected chi connectivity index (χ4v) is 2.91. The second kappa shape index (κ2) is 6.42. The van der Waals surface area contributed by atoms with Gasteiger partial charge in [0.15, 0.2) is 0 Å². The molecule has 1 atom stereocenters. The lowest BCUT2D eigenvalue weighted by Gasteiger charge is -2.15. The third kappa shape index (κ3) is 2.79. The van der Waals surface area contributed by atoms with E-state index in [-0.39, 0.29) is 12.5 Å². The molecule has 1 aliphatic rings. The number of carboxylic acid groups (broad SMARTS) is 1. The first-order valence-corrected chi connectivity index (χ1v) is 7.35. The summed E-state index contributed by atoms with van der Waals surface area (Å²) in [4.78, 5) is 22.5. The molecule has 0 fully saturated rings. The first-order chi connectivity index (χ1) is 11.6. The fourth-order valence-electron chi connectivity index (χ4n) is 2.91. The average molecular weight is 322 g/mol. The summed E-state index contributed by atoms with van der Waals surface area (Å²) in [6.45, 7) is 0.0671. The third-order valence-electron chi connectivity index (χ3n) is 3.98. The highest BCUT2D eigenvalue weighted by atomic mass is 16.5. The number of rotatable bonds is 4. The van der Waals surface area contributed by atoms with Crippen molar-refractivity contribution in [1.29, 1.82) is 5.26 Å². The molecule has 2 aromatic rings. The molecule has 1 amide bonds. The number of carbonyl (C=O) groups is 2. The van der Waals surface area contributed by atoms with E-state index in [1.165, 1.54) is 6.07 Å². The van der Waals surface area contributed by atoms with Crippen molar-refractivity contribution in [3.8, 4) is 17.2 Å². The largest absolute Gasteiger partial charge is 0.479 e. The van der Waals surface area contributed by atoms with Crippen LogP contribution in [0.4, 0.5) is 4.79 Å². The molecule has 0 saturated heterocycles. The number of aliphatic carboxylic acids is 1. The molecule has 1 unspecified atom stereocenters. The normalized spacial score (nSPS) is 13.3. The maximum Gasteiger partial charge on any atom is 0.408 e. The van der Waals surface area contributed by atoms with E-state index in [2.05, 4.69) is 0 Å². The number of hydrogen-bond acceptors (Lipinski definition) is 4. The predicted molar refractivity (Wildman–Crippen MR) is 85.2 cm³/mol. The number of nitrogens with one attached hydrogen (secondary N) is 1. The van der Waals surface area contributed by atoms with Crippen molar-refractivity contribution in [3.63, 3.8) is 0 Å². The second-order valence-electron chi connectivity index (χ2n) is 5.37. The Bertz CT molecular complexity index is 795. The number of fused-ring (bicyclic) bond motifs is 3. The lowest BCUT2D eigenvalue weighted by molar-refractivity contribution is -0.137. The maximum absolute atomic E-state index is 11.7. The summed E-state index contributed by atoms with van der Waals surface area (Å²) in [5.74, 6) is -1.54. The minimum atomic E-state index is -1.62. The van der Waals surface area contributed by atoms with E-state index in [0.717, 1.165) is 22.3 Å². The van der Waals surface area contributed by atoms with Crippen LogP contribution in [0, 0.1) is 11.3 Å². The Balaban J connectivity index is 1.75. The highest BCUT2D eigenvalue weighted by molar-refractivity contribution is 5.83. The number of alkyl carbamates (subject to hydrolysis) is 1. The van der Waals surface area contributed by atoms with E-state index in [0.29, 0.717) is 0 Å². The lowest BCUT2D eigenvalue weighted by atomic mass is 9.98. The molecular weight excluding hydrogens is 308 g/mol. The standard InChI is InChI=1S/C18H14N2O4/c19-9-16(17(21)22)20-18(23)24-10-15-13-7-3-1-5-11(13)12-6-2-4-8-14(12)15/h1-8,15-16H,10H2,(H,20,23)(H,21,22). The molecule has 0 heterocycles. The minimum absolute atomic E-state index is 0.0671. The number of hydrogen-bond donors (Lipinski definition) is 2. The van der Waals surface area contributed by atoms with Crippen LogP contribution in [0.3, 0.4) is 0 Å². The SMILES string of the molecule is N#CC(NC(=O)OCC1c2ccccc2-c2ccccc21)C(=O)O. The summed E-state index contributed by atoms with van der Waals surface area (Å²) in [6.07, 6.45) is -0.925. The Morgan fingerprint density at radius 1 is 1.12 bits per heavy atom.